The zero-order chi connectivity index (χ0) is 49.5. The van der Waals surface area contributed by atoms with Crippen molar-refractivity contribution in [2.24, 2.45) is 0 Å². The van der Waals surface area contributed by atoms with Crippen LogP contribution in [0.4, 0.5) is 4.79 Å². The highest BCUT2D eigenvalue weighted by molar-refractivity contribution is 14.1. The maximum Gasteiger partial charge on any atom is 0.326 e. The Morgan fingerprint density at radius 1 is 0.522 bits per heavy atom. The first-order chi connectivity index (χ1) is 31.8. The van der Waals surface area contributed by atoms with Gasteiger partial charge in [0.25, 0.3) is 11.8 Å². The molecular weight excluding hydrogens is 995 g/mol. The number of carbonyl (C=O) groups is 10. The van der Waals surface area contributed by atoms with Gasteiger partial charge in [-0.05, 0) is 102 Å². The van der Waals surface area contributed by atoms with Gasteiger partial charge in [0.2, 0.25) is 11.8 Å². The summed E-state index contributed by atoms with van der Waals surface area (Å²) < 4.78 is 6.47. The maximum absolute atomic E-state index is 13.3. The Morgan fingerprint density at radius 2 is 1.06 bits per heavy atom. The molecule has 0 heterocycles. The maximum atomic E-state index is 13.3. The molecule has 0 radical (unpaired) electrons. The number of carboxylic acids is 5. The zero-order valence-corrected chi connectivity index (χ0v) is 37.9. The van der Waals surface area contributed by atoms with Gasteiger partial charge in [-0.15, -0.1) is 0 Å². The number of unbranched alkanes of at least 4 members (excludes halogenated alkanes) is 1. The fourth-order valence-electron chi connectivity index (χ4n) is 6.20. The summed E-state index contributed by atoms with van der Waals surface area (Å²) in [6.45, 7) is -0.471. The van der Waals surface area contributed by atoms with E-state index >= 15 is 0 Å². The Bertz CT molecular complexity index is 2210. The molecule has 6 amide bonds. The topological polar surface area (TPSA) is 353 Å². The van der Waals surface area contributed by atoms with Crippen molar-refractivity contribution in [1.29, 1.82) is 0 Å². The van der Waals surface area contributed by atoms with Gasteiger partial charge in [0.15, 0.2) is 6.61 Å². The molecule has 0 saturated carbocycles. The van der Waals surface area contributed by atoms with Gasteiger partial charge in [-0.2, -0.15) is 0 Å². The number of amides is 6. The van der Waals surface area contributed by atoms with E-state index < -0.39 is 116 Å². The zero-order valence-electron chi connectivity index (χ0n) is 35.8. The number of ether oxygens (including phenoxy) is 1. The lowest BCUT2D eigenvalue weighted by Gasteiger charge is -2.21. The van der Waals surface area contributed by atoms with Crippen molar-refractivity contribution in [3.05, 3.63) is 99.1 Å². The lowest BCUT2D eigenvalue weighted by atomic mass is 10.0. The van der Waals surface area contributed by atoms with Crippen LogP contribution in [0.3, 0.4) is 0 Å². The molecule has 0 saturated heterocycles. The van der Waals surface area contributed by atoms with Crippen LogP contribution in [0.5, 0.6) is 5.75 Å². The van der Waals surface area contributed by atoms with E-state index in [2.05, 4.69) is 26.6 Å². The van der Waals surface area contributed by atoms with Crippen LogP contribution in [0.25, 0.3) is 0 Å². The molecule has 3 aromatic rings. The lowest BCUT2D eigenvalue weighted by Crippen LogP contribution is -2.52. The van der Waals surface area contributed by atoms with Gasteiger partial charge in [-0.3, -0.25) is 28.8 Å². The molecule has 0 spiro atoms. The van der Waals surface area contributed by atoms with Crippen LogP contribution in [0.15, 0.2) is 78.9 Å². The molecule has 0 aliphatic heterocycles. The van der Waals surface area contributed by atoms with Crippen LogP contribution < -0.4 is 36.6 Å². The van der Waals surface area contributed by atoms with Crippen molar-refractivity contribution in [3.63, 3.8) is 0 Å². The second-order valence-corrected chi connectivity index (χ2v) is 16.2. The largest absolute Gasteiger partial charge is 0.484 e. The van der Waals surface area contributed by atoms with Gasteiger partial charge in [-0.25, -0.2) is 19.2 Å². The van der Waals surface area contributed by atoms with E-state index in [0.29, 0.717) is 5.56 Å². The summed E-state index contributed by atoms with van der Waals surface area (Å²) in [4.78, 5) is 122. The van der Waals surface area contributed by atoms with Crippen molar-refractivity contribution in [3.8, 4) is 5.75 Å². The minimum absolute atomic E-state index is 0.0553. The van der Waals surface area contributed by atoms with Crippen molar-refractivity contribution >= 4 is 82.1 Å². The SMILES string of the molecule is O=C(O)CC[C@H](NC(=O)N[C@@H](CCCCNC(=O)[C@H](Cc1ccccc1)NC(=O)COc1ccc(C[C@H](NC(=O)[C@H](CCC(=O)O)NC(=O)c2ccc(I)cc2)C(=O)O)cc1)C(=O)O)C(=O)O. The van der Waals surface area contributed by atoms with E-state index in [1.807, 2.05) is 27.9 Å². The summed E-state index contributed by atoms with van der Waals surface area (Å²) in [6.07, 6.45) is -1.52. The van der Waals surface area contributed by atoms with E-state index in [-0.39, 0.29) is 56.4 Å². The molecule has 360 valence electrons. The van der Waals surface area contributed by atoms with Gasteiger partial charge in [0.05, 0.1) is 0 Å². The number of urea groups is 1. The van der Waals surface area contributed by atoms with E-state index in [0.717, 1.165) is 9.13 Å². The van der Waals surface area contributed by atoms with Crippen LogP contribution >= 0.6 is 22.6 Å². The van der Waals surface area contributed by atoms with Crippen LogP contribution in [0, 0.1) is 3.57 Å². The monoisotopic (exact) mass is 1050 g/mol. The Labute approximate surface area is 396 Å². The van der Waals surface area contributed by atoms with Crippen LogP contribution in [0.1, 0.15) is 66.4 Å². The molecule has 3 rings (SSSR count). The number of carbonyl (C=O) groups excluding carboxylic acids is 5. The molecule has 11 N–H and O–H groups in total. The van der Waals surface area contributed by atoms with Crippen molar-refractivity contribution in [2.75, 3.05) is 13.2 Å². The van der Waals surface area contributed by atoms with E-state index in [9.17, 15) is 68.4 Å². The number of benzene rings is 3. The number of nitrogens with one attached hydrogen (secondary N) is 6. The molecule has 0 aromatic heterocycles. The van der Waals surface area contributed by atoms with Gasteiger partial charge in [0.1, 0.15) is 36.0 Å². The third-order valence-corrected chi connectivity index (χ3v) is 10.4. The molecule has 67 heavy (non-hydrogen) atoms. The van der Waals surface area contributed by atoms with E-state index in [4.69, 9.17) is 9.84 Å². The quantitative estimate of drug-likeness (QED) is 0.0347. The summed E-state index contributed by atoms with van der Waals surface area (Å²) >= 11 is 2.05. The predicted octanol–water partition coefficient (Wildman–Crippen LogP) is 1.53. The third kappa shape index (κ3) is 20.6. The first-order valence-corrected chi connectivity index (χ1v) is 21.8. The molecule has 0 bridgehead atoms. The number of carboxylic acid groups (broad SMARTS) is 5. The highest BCUT2D eigenvalue weighted by Crippen LogP contribution is 2.15. The molecule has 23 heteroatoms. The standard InChI is InChI=1S/C44H51IN6O16/c45-28-13-11-27(12-14-28)38(57)48-30(17-19-36(53)54)40(59)49-34(43(64)65)23-26-9-15-29(16-10-26)67-24-35(52)47-33(22-25-6-2-1-3-7-25)39(58)46-21-5-4-8-31(41(60)61)50-44(66)51-32(42(62)63)18-20-37(55)56/h1-3,6-7,9-16,30-34H,4-5,8,17-24H2,(H,46,58)(H,47,52)(H,48,57)(H,49,59)(H,53,54)(H,55,56)(H,60,61)(H,62,63)(H,64,65)(H2,50,51,66)/t30-,31-,32-,33-,34-/m0/s1. The number of hydrogen-bond acceptors (Lipinski definition) is 11. The van der Waals surface area contributed by atoms with Crippen LogP contribution in [-0.2, 0) is 51.2 Å². The molecule has 0 unspecified atom stereocenters. The average molecular weight is 1050 g/mol. The first kappa shape index (κ1) is 54.0. The number of halogens is 1. The van der Waals surface area contributed by atoms with Gasteiger partial charge in [0, 0.05) is 41.4 Å². The Hall–Kier alpha value is -7.31. The van der Waals surface area contributed by atoms with E-state index in [1.165, 1.54) is 36.4 Å². The van der Waals surface area contributed by atoms with Crippen LogP contribution in [0.2, 0.25) is 0 Å². The fraction of sp³-hybridized carbons (Fsp3) is 0.364. The summed E-state index contributed by atoms with van der Waals surface area (Å²) in [5.41, 5.74) is 1.38. The number of hydrogen-bond donors (Lipinski definition) is 11. The molecule has 0 fully saturated rings. The Morgan fingerprint density at radius 3 is 1.63 bits per heavy atom. The second-order valence-electron chi connectivity index (χ2n) is 14.9. The minimum atomic E-state index is -1.56. The van der Waals surface area contributed by atoms with E-state index in [1.54, 1.807) is 42.5 Å². The highest BCUT2D eigenvalue weighted by Gasteiger charge is 2.29. The number of aliphatic carboxylic acids is 5. The fourth-order valence-corrected chi connectivity index (χ4v) is 6.56. The molecular formula is C44H51IN6O16. The molecule has 0 aliphatic carbocycles. The minimum Gasteiger partial charge on any atom is -0.484 e. The number of rotatable bonds is 29. The summed E-state index contributed by atoms with van der Waals surface area (Å²) in [6, 6.07) is 13.1. The highest BCUT2D eigenvalue weighted by atomic mass is 127. The average Bonchev–Trinajstić information content (AvgIpc) is 3.27. The molecule has 5 atom stereocenters. The predicted molar refractivity (Wildman–Crippen MR) is 243 cm³/mol. The first-order valence-electron chi connectivity index (χ1n) is 20.7. The summed E-state index contributed by atoms with van der Waals surface area (Å²) in [5, 5.41) is 61.1. The smallest absolute Gasteiger partial charge is 0.326 e. The van der Waals surface area contributed by atoms with Gasteiger partial charge >= 0.3 is 35.9 Å². The normalized spacial score (nSPS) is 12.9. The Kier molecular flexibility index (Phi) is 22.5. The van der Waals surface area contributed by atoms with Crippen molar-refractivity contribution < 1.29 is 78.2 Å². The second kappa shape index (κ2) is 27.9. The summed E-state index contributed by atoms with van der Waals surface area (Å²) in [5.74, 6) is -9.36. The molecule has 3 aromatic carbocycles. The molecule has 22 nitrogen and oxygen atoms in total. The van der Waals surface area contributed by atoms with Gasteiger partial charge < -0.3 is 62.2 Å². The van der Waals surface area contributed by atoms with Gasteiger partial charge in [-0.1, -0.05) is 42.5 Å². The van der Waals surface area contributed by atoms with Crippen LogP contribution in [-0.4, -0.2) is 128 Å². The van der Waals surface area contributed by atoms with Crippen molar-refractivity contribution in [1.82, 2.24) is 31.9 Å². The Balaban J connectivity index is 1.54. The van der Waals surface area contributed by atoms with Crippen molar-refractivity contribution in [2.45, 2.75) is 88.0 Å². The third-order valence-electron chi connectivity index (χ3n) is 9.73. The molecule has 0 aliphatic rings. The summed E-state index contributed by atoms with van der Waals surface area (Å²) in [7, 11) is 0. The lowest BCUT2D eigenvalue weighted by molar-refractivity contribution is -0.142.